The van der Waals surface area contributed by atoms with E-state index in [1.54, 1.807) is 18.6 Å². The van der Waals surface area contributed by atoms with E-state index in [0.717, 1.165) is 12.1 Å². The van der Waals surface area contributed by atoms with Crippen molar-refractivity contribution in [1.29, 1.82) is 0 Å². The van der Waals surface area contributed by atoms with Gasteiger partial charge in [0.15, 0.2) is 0 Å². The zero-order chi connectivity index (χ0) is 16.4. The largest absolute Gasteiger partial charge is 0.353 e. The van der Waals surface area contributed by atoms with Crippen molar-refractivity contribution in [2.45, 2.75) is 4.90 Å². The van der Waals surface area contributed by atoms with E-state index in [4.69, 9.17) is 0 Å². The molecule has 0 atom stereocenters. The zero-order valence-corrected chi connectivity index (χ0v) is 12.9. The van der Waals surface area contributed by atoms with Gasteiger partial charge in [-0.15, -0.1) is 0 Å². The van der Waals surface area contributed by atoms with Crippen LogP contribution in [0.5, 0.6) is 0 Å². The minimum absolute atomic E-state index is 0.205. The highest BCUT2D eigenvalue weighted by Crippen LogP contribution is 2.21. The van der Waals surface area contributed by atoms with Crippen LogP contribution in [0, 0.1) is 11.6 Å². The molecule has 0 spiro atoms. The molecule has 1 aliphatic heterocycles. The molecule has 0 radical (unpaired) electrons. The lowest BCUT2D eigenvalue weighted by molar-refractivity contribution is 0.383. The second-order valence-electron chi connectivity index (χ2n) is 5.06. The Morgan fingerprint density at radius 2 is 1.61 bits per heavy atom. The van der Waals surface area contributed by atoms with Crippen LogP contribution in [-0.2, 0) is 10.0 Å². The molecule has 0 saturated carbocycles. The van der Waals surface area contributed by atoms with Gasteiger partial charge in [0, 0.05) is 44.6 Å². The van der Waals surface area contributed by atoms with Crippen LogP contribution in [-0.4, -0.2) is 48.9 Å². The second kappa shape index (κ2) is 6.17. The molecule has 0 N–H and O–H groups in total. The van der Waals surface area contributed by atoms with Crippen LogP contribution in [0.25, 0.3) is 0 Å². The molecule has 0 aliphatic carbocycles. The van der Waals surface area contributed by atoms with Gasteiger partial charge in [-0.05, 0) is 12.1 Å². The van der Waals surface area contributed by atoms with E-state index < -0.39 is 21.7 Å². The minimum atomic E-state index is -3.92. The number of aromatic nitrogens is 2. The highest BCUT2D eigenvalue weighted by Gasteiger charge is 2.29. The summed E-state index contributed by atoms with van der Waals surface area (Å²) in [6, 6.07) is 2.30. The van der Waals surface area contributed by atoms with Crippen LogP contribution in [0.4, 0.5) is 14.6 Å². The Morgan fingerprint density at radius 3 is 2.17 bits per heavy atom. The molecule has 1 aliphatic rings. The Hall–Kier alpha value is -2.13. The van der Waals surface area contributed by atoms with Gasteiger partial charge >= 0.3 is 0 Å². The minimum Gasteiger partial charge on any atom is -0.353 e. The molecule has 1 aromatic carbocycles. The Labute approximate surface area is 132 Å². The summed E-state index contributed by atoms with van der Waals surface area (Å²) in [5, 5.41) is 0. The van der Waals surface area contributed by atoms with Crippen molar-refractivity contribution < 1.29 is 17.2 Å². The molecule has 23 heavy (non-hydrogen) atoms. The van der Waals surface area contributed by atoms with E-state index in [-0.39, 0.29) is 18.0 Å². The molecule has 1 aromatic heterocycles. The number of piperazine rings is 1. The van der Waals surface area contributed by atoms with E-state index in [0.29, 0.717) is 25.0 Å². The molecule has 0 unspecified atom stereocenters. The third-order valence-electron chi connectivity index (χ3n) is 3.59. The number of anilines is 1. The number of halogens is 2. The highest BCUT2D eigenvalue weighted by molar-refractivity contribution is 7.89. The third kappa shape index (κ3) is 3.30. The van der Waals surface area contributed by atoms with Gasteiger partial charge < -0.3 is 4.90 Å². The van der Waals surface area contributed by atoms with Gasteiger partial charge in [0.05, 0.1) is 11.1 Å². The first-order valence-electron chi connectivity index (χ1n) is 6.94. The fourth-order valence-corrected chi connectivity index (χ4v) is 3.90. The maximum Gasteiger partial charge on any atom is 0.243 e. The fraction of sp³-hybridized carbons (Fsp3) is 0.286. The lowest BCUT2D eigenvalue weighted by Crippen LogP contribution is -2.49. The molecule has 1 saturated heterocycles. The Bertz CT molecular complexity index is 773. The maximum absolute atomic E-state index is 13.3. The summed E-state index contributed by atoms with van der Waals surface area (Å²) in [7, 11) is -3.92. The zero-order valence-electron chi connectivity index (χ0n) is 12.1. The predicted molar refractivity (Wildman–Crippen MR) is 79.4 cm³/mol. The molecule has 0 bridgehead atoms. The topological polar surface area (TPSA) is 66.4 Å². The van der Waals surface area contributed by atoms with Crippen molar-refractivity contribution >= 4 is 15.8 Å². The molecular formula is C14H14F2N4O2S. The number of hydrogen-bond donors (Lipinski definition) is 0. The fourth-order valence-electron chi connectivity index (χ4n) is 2.44. The van der Waals surface area contributed by atoms with Crippen molar-refractivity contribution in [2.24, 2.45) is 0 Å². The number of sulfonamides is 1. The first-order chi connectivity index (χ1) is 11.0. The van der Waals surface area contributed by atoms with Crippen LogP contribution >= 0.6 is 0 Å². The van der Waals surface area contributed by atoms with E-state index >= 15 is 0 Å². The smallest absolute Gasteiger partial charge is 0.243 e. The number of hydrogen-bond acceptors (Lipinski definition) is 5. The molecular weight excluding hydrogens is 326 g/mol. The standard InChI is InChI=1S/C14H14F2N4O2S/c15-11-7-12(16)9-13(8-11)23(21,22)20-5-3-19(4-6-20)14-10-17-1-2-18-14/h1-2,7-10H,3-6H2. The summed E-state index contributed by atoms with van der Waals surface area (Å²) >= 11 is 0. The molecule has 1 fully saturated rings. The average Bonchev–Trinajstić information content (AvgIpc) is 2.55. The quantitative estimate of drug-likeness (QED) is 0.842. The van der Waals surface area contributed by atoms with E-state index in [1.807, 2.05) is 4.90 Å². The van der Waals surface area contributed by atoms with Crippen LogP contribution in [0.15, 0.2) is 41.7 Å². The SMILES string of the molecule is O=S(=O)(c1cc(F)cc(F)c1)N1CCN(c2cnccn2)CC1. The molecule has 122 valence electrons. The summed E-state index contributed by atoms with van der Waals surface area (Å²) < 4.78 is 52.7. The Morgan fingerprint density at radius 1 is 0.957 bits per heavy atom. The number of nitrogens with zero attached hydrogens (tertiary/aromatic N) is 4. The van der Waals surface area contributed by atoms with Gasteiger partial charge in [-0.2, -0.15) is 4.31 Å². The Balaban J connectivity index is 1.76. The van der Waals surface area contributed by atoms with Crippen LogP contribution in [0.1, 0.15) is 0 Å². The van der Waals surface area contributed by atoms with Crippen molar-refractivity contribution in [1.82, 2.24) is 14.3 Å². The molecule has 3 rings (SSSR count). The summed E-state index contributed by atoms with van der Waals surface area (Å²) in [5.74, 6) is -1.16. The molecule has 2 heterocycles. The first-order valence-corrected chi connectivity index (χ1v) is 8.38. The van der Waals surface area contributed by atoms with E-state index in [1.165, 1.54) is 4.31 Å². The second-order valence-corrected chi connectivity index (χ2v) is 7.00. The van der Waals surface area contributed by atoms with E-state index in [9.17, 15) is 17.2 Å². The average molecular weight is 340 g/mol. The van der Waals surface area contributed by atoms with Gasteiger partial charge in [-0.3, -0.25) is 4.98 Å². The third-order valence-corrected chi connectivity index (χ3v) is 5.46. The highest BCUT2D eigenvalue weighted by atomic mass is 32.2. The van der Waals surface area contributed by atoms with Crippen molar-refractivity contribution in [3.63, 3.8) is 0 Å². The monoisotopic (exact) mass is 340 g/mol. The summed E-state index contributed by atoms with van der Waals surface area (Å²) in [5.41, 5.74) is 0. The normalized spacial score (nSPS) is 16.5. The van der Waals surface area contributed by atoms with Crippen molar-refractivity contribution in [3.05, 3.63) is 48.4 Å². The molecule has 0 amide bonds. The Kier molecular flexibility index (Phi) is 4.22. The predicted octanol–water partition coefficient (Wildman–Crippen LogP) is 1.27. The first kappa shape index (κ1) is 15.8. The lowest BCUT2D eigenvalue weighted by atomic mass is 10.3. The lowest BCUT2D eigenvalue weighted by Gasteiger charge is -2.34. The molecule has 2 aromatic rings. The van der Waals surface area contributed by atoms with Crippen LogP contribution in [0.2, 0.25) is 0 Å². The van der Waals surface area contributed by atoms with Gasteiger partial charge in [-0.25, -0.2) is 22.2 Å². The van der Waals surface area contributed by atoms with Crippen LogP contribution in [0.3, 0.4) is 0 Å². The molecule has 6 nitrogen and oxygen atoms in total. The summed E-state index contributed by atoms with van der Waals surface area (Å²) in [6.45, 7) is 1.26. The van der Waals surface area contributed by atoms with Crippen LogP contribution < -0.4 is 4.90 Å². The number of rotatable bonds is 3. The van der Waals surface area contributed by atoms with Gasteiger partial charge in [0.2, 0.25) is 10.0 Å². The van der Waals surface area contributed by atoms with E-state index in [2.05, 4.69) is 9.97 Å². The van der Waals surface area contributed by atoms with Crippen molar-refractivity contribution in [2.75, 3.05) is 31.1 Å². The summed E-state index contributed by atoms with van der Waals surface area (Å²) in [6.07, 6.45) is 4.72. The van der Waals surface area contributed by atoms with Gasteiger partial charge in [0.1, 0.15) is 17.5 Å². The maximum atomic E-state index is 13.3. The summed E-state index contributed by atoms with van der Waals surface area (Å²) in [4.78, 5) is 9.68. The van der Waals surface area contributed by atoms with Gasteiger partial charge in [0.25, 0.3) is 0 Å². The number of benzene rings is 1. The molecule has 9 heteroatoms. The van der Waals surface area contributed by atoms with Gasteiger partial charge in [-0.1, -0.05) is 0 Å². The van der Waals surface area contributed by atoms with Crippen molar-refractivity contribution in [3.8, 4) is 0 Å².